The van der Waals surface area contributed by atoms with Gasteiger partial charge in [0.1, 0.15) is 11.4 Å². The molecule has 0 fully saturated rings. The molecule has 7 rings (SSSR count). The van der Waals surface area contributed by atoms with Crippen molar-refractivity contribution >= 4 is 22.1 Å². The van der Waals surface area contributed by atoms with Crippen molar-refractivity contribution in [1.82, 2.24) is 19.1 Å². The van der Waals surface area contributed by atoms with Crippen molar-refractivity contribution in [3.8, 4) is 34.1 Å². The molecular weight excluding hydrogens is 603 g/mol. The minimum Gasteiger partial charge on any atom is -0.511 e. The Hall–Kier alpha value is -5.23. The van der Waals surface area contributed by atoms with E-state index >= 15 is 0 Å². The van der Waals surface area contributed by atoms with Gasteiger partial charge in [0.25, 0.3) is 6.33 Å². The third kappa shape index (κ3) is 5.69. The Labute approximate surface area is 289 Å². The highest BCUT2D eigenvalue weighted by atomic mass is 16.3. The van der Waals surface area contributed by atoms with Gasteiger partial charge >= 0.3 is 0 Å². The van der Waals surface area contributed by atoms with Crippen LogP contribution < -0.4 is 4.57 Å². The minimum absolute atomic E-state index is 0.00868. The molecule has 0 saturated heterocycles. The molecular formula is C43H45N5O. The van der Waals surface area contributed by atoms with Gasteiger partial charge in [0.2, 0.25) is 0 Å². The molecule has 0 saturated carbocycles. The van der Waals surface area contributed by atoms with Crippen LogP contribution in [0.2, 0.25) is 0 Å². The summed E-state index contributed by atoms with van der Waals surface area (Å²) in [6, 6.07) is 29.3. The SMILES string of the molecule is CC(C)(C)c1ccnc(-c2cn(-c3ccccc3-[n+]3[c-]n(-c4cc(C(C)(C)C)cc(C(C)(C)C)c4O)c4ccccc43)c3cccnc23)c1. The number of hydrogen-bond donors (Lipinski definition) is 1. The molecule has 6 nitrogen and oxygen atoms in total. The maximum Gasteiger partial charge on any atom is 0.270 e. The van der Waals surface area contributed by atoms with E-state index in [0.717, 1.165) is 55.8 Å². The molecule has 0 aliphatic heterocycles. The quantitative estimate of drug-likeness (QED) is 0.153. The number of imidazole rings is 1. The van der Waals surface area contributed by atoms with E-state index in [1.807, 2.05) is 35.2 Å². The van der Waals surface area contributed by atoms with Crippen LogP contribution in [0, 0.1) is 6.33 Å². The van der Waals surface area contributed by atoms with Gasteiger partial charge in [0.05, 0.1) is 39.1 Å². The third-order valence-electron chi connectivity index (χ3n) is 9.41. The number of aromatic hydroxyl groups is 1. The zero-order valence-electron chi connectivity index (χ0n) is 30.0. The molecule has 248 valence electrons. The normalized spacial score (nSPS) is 12.7. The van der Waals surface area contributed by atoms with E-state index in [2.05, 4.69) is 151 Å². The van der Waals surface area contributed by atoms with Crippen molar-refractivity contribution < 1.29 is 9.67 Å². The highest BCUT2D eigenvalue weighted by Crippen LogP contribution is 2.40. The maximum atomic E-state index is 11.9. The van der Waals surface area contributed by atoms with Gasteiger partial charge < -0.3 is 9.67 Å². The zero-order chi connectivity index (χ0) is 34.9. The first kappa shape index (κ1) is 32.3. The standard InChI is InChI=1S/C43H45N5O/c1-41(2,3)28-20-22-44-32(24-28)30-26-46(37-19-14-21-45-39(30)37)33-15-10-11-16-34(33)47-27-48(36-18-13-12-17-35(36)47)38-25-29(42(4,5)6)23-31(40(38)49)43(7,8)9/h10-26,49H,1-9H3. The monoisotopic (exact) mass is 647 g/mol. The van der Waals surface area contributed by atoms with Gasteiger partial charge in [-0.1, -0.05) is 105 Å². The van der Waals surface area contributed by atoms with Crippen molar-refractivity contribution in [1.29, 1.82) is 0 Å². The average Bonchev–Trinajstić information content (AvgIpc) is 3.63. The molecule has 0 aliphatic carbocycles. The Balaban J connectivity index is 1.47. The lowest BCUT2D eigenvalue weighted by atomic mass is 9.79. The molecule has 0 amide bonds. The topological polar surface area (TPSA) is 59.8 Å². The molecule has 4 heterocycles. The maximum absolute atomic E-state index is 11.9. The number of hydrogen-bond acceptors (Lipinski definition) is 3. The van der Waals surface area contributed by atoms with E-state index in [4.69, 9.17) is 9.97 Å². The summed E-state index contributed by atoms with van der Waals surface area (Å²) in [6.07, 6.45) is 9.56. The number of benzene rings is 3. The molecule has 3 aromatic carbocycles. The number of phenols is 1. The van der Waals surface area contributed by atoms with E-state index in [0.29, 0.717) is 5.69 Å². The second-order valence-electron chi connectivity index (χ2n) is 16.1. The molecule has 4 aromatic heterocycles. The zero-order valence-corrected chi connectivity index (χ0v) is 30.0. The van der Waals surface area contributed by atoms with Crippen LogP contribution in [0.25, 0.3) is 50.4 Å². The summed E-state index contributed by atoms with van der Waals surface area (Å²) in [4.78, 5) is 9.65. The first-order chi connectivity index (χ1) is 23.1. The van der Waals surface area contributed by atoms with Crippen LogP contribution in [0.3, 0.4) is 0 Å². The van der Waals surface area contributed by atoms with Gasteiger partial charge in [0.15, 0.2) is 0 Å². The Morgan fingerprint density at radius 2 is 1.35 bits per heavy atom. The largest absolute Gasteiger partial charge is 0.511 e. The number of phenolic OH excluding ortho intramolecular Hbond substituents is 1. The van der Waals surface area contributed by atoms with Gasteiger partial charge in [-0.3, -0.25) is 19.1 Å². The van der Waals surface area contributed by atoms with E-state index < -0.39 is 0 Å². The molecule has 0 aliphatic rings. The fraction of sp³-hybridized carbons (Fsp3) is 0.279. The predicted octanol–water partition coefficient (Wildman–Crippen LogP) is 9.71. The highest BCUT2D eigenvalue weighted by molar-refractivity contribution is 5.93. The molecule has 49 heavy (non-hydrogen) atoms. The summed E-state index contributed by atoms with van der Waals surface area (Å²) in [6.45, 7) is 19.7. The first-order valence-electron chi connectivity index (χ1n) is 17.0. The fourth-order valence-electron chi connectivity index (χ4n) is 6.56. The third-order valence-corrected chi connectivity index (χ3v) is 9.41. The van der Waals surface area contributed by atoms with Gasteiger partial charge in [-0.15, -0.1) is 0 Å². The fourth-order valence-corrected chi connectivity index (χ4v) is 6.56. The van der Waals surface area contributed by atoms with Gasteiger partial charge in [-0.2, -0.15) is 0 Å². The lowest BCUT2D eigenvalue weighted by Gasteiger charge is -2.27. The van der Waals surface area contributed by atoms with Gasteiger partial charge in [-0.05, 0) is 75.4 Å². The molecule has 0 atom stereocenters. The summed E-state index contributed by atoms with van der Waals surface area (Å²) in [5, 5.41) is 11.9. The van der Waals surface area contributed by atoms with Crippen molar-refractivity contribution in [2.45, 2.75) is 78.6 Å². The van der Waals surface area contributed by atoms with E-state index in [1.54, 1.807) is 0 Å². The molecule has 6 heteroatoms. The molecule has 0 radical (unpaired) electrons. The summed E-state index contributed by atoms with van der Waals surface area (Å²) in [5.74, 6) is 0.273. The summed E-state index contributed by atoms with van der Waals surface area (Å²) >= 11 is 0. The molecule has 0 bridgehead atoms. The number of fused-ring (bicyclic) bond motifs is 2. The Morgan fingerprint density at radius 1 is 0.653 bits per heavy atom. The summed E-state index contributed by atoms with van der Waals surface area (Å²) in [7, 11) is 0. The number of para-hydroxylation sites is 4. The van der Waals surface area contributed by atoms with Crippen LogP contribution in [0.15, 0.2) is 104 Å². The van der Waals surface area contributed by atoms with Crippen LogP contribution in [0.1, 0.15) is 79.0 Å². The van der Waals surface area contributed by atoms with Crippen molar-refractivity contribution in [3.63, 3.8) is 0 Å². The Kier molecular flexibility index (Phi) is 7.55. The average molecular weight is 648 g/mol. The lowest BCUT2D eigenvalue weighted by Crippen LogP contribution is -2.31. The number of rotatable bonds is 4. The minimum atomic E-state index is -0.256. The van der Waals surface area contributed by atoms with Gasteiger partial charge in [0, 0.05) is 24.2 Å². The molecule has 1 N–H and O–H groups in total. The van der Waals surface area contributed by atoms with Crippen molar-refractivity contribution in [3.05, 3.63) is 127 Å². The molecule has 0 spiro atoms. The van der Waals surface area contributed by atoms with E-state index in [1.165, 1.54) is 5.56 Å². The predicted molar refractivity (Wildman–Crippen MR) is 199 cm³/mol. The van der Waals surface area contributed by atoms with Crippen molar-refractivity contribution in [2.24, 2.45) is 0 Å². The van der Waals surface area contributed by atoms with Crippen LogP contribution in [-0.4, -0.2) is 24.2 Å². The highest BCUT2D eigenvalue weighted by Gasteiger charge is 2.27. The second kappa shape index (κ2) is 11.4. The van der Waals surface area contributed by atoms with Crippen LogP contribution in [-0.2, 0) is 16.2 Å². The Morgan fingerprint density at radius 3 is 2.08 bits per heavy atom. The lowest BCUT2D eigenvalue weighted by molar-refractivity contribution is -0.572. The van der Waals surface area contributed by atoms with Gasteiger partial charge in [-0.25, -0.2) is 0 Å². The van der Waals surface area contributed by atoms with Crippen molar-refractivity contribution in [2.75, 3.05) is 0 Å². The Bertz CT molecular complexity index is 2360. The number of aromatic nitrogens is 5. The second-order valence-corrected chi connectivity index (χ2v) is 16.1. The first-order valence-corrected chi connectivity index (χ1v) is 17.0. The number of nitrogens with zero attached hydrogens (tertiary/aromatic N) is 5. The van der Waals surface area contributed by atoms with Crippen LogP contribution in [0.4, 0.5) is 0 Å². The van der Waals surface area contributed by atoms with Crippen LogP contribution >= 0.6 is 0 Å². The summed E-state index contributed by atoms with van der Waals surface area (Å²) < 4.78 is 6.32. The smallest absolute Gasteiger partial charge is 0.270 e. The molecule has 0 unspecified atom stereocenters. The molecule has 7 aromatic rings. The number of pyridine rings is 2. The van der Waals surface area contributed by atoms with E-state index in [9.17, 15) is 5.11 Å². The summed E-state index contributed by atoms with van der Waals surface area (Å²) in [5.41, 5.74) is 11.2. The van der Waals surface area contributed by atoms with E-state index in [-0.39, 0.29) is 22.0 Å². The van der Waals surface area contributed by atoms with Crippen LogP contribution in [0.5, 0.6) is 5.75 Å².